The number of ether oxygens (including phenoxy) is 3. The van der Waals surface area contributed by atoms with Gasteiger partial charge < -0.3 is 19.9 Å². The molecular weight excluding hydrogens is 424 g/mol. The van der Waals surface area contributed by atoms with E-state index in [9.17, 15) is 0 Å². The van der Waals surface area contributed by atoms with E-state index in [1.54, 1.807) is 12.1 Å². The third kappa shape index (κ3) is 4.95. The minimum atomic E-state index is 0.354. The van der Waals surface area contributed by atoms with Crippen LogP contribution in [0.15, 0.2) is 84.9 Å². The van der Waals surface area contributed by atoms with Crippen LogP contribution in [-0.4, -0.2) is 12.1 Å². The molecular formula is C26H23ClN2O3. The van der Waals surface area contributed by atoms with Gasteiger partial charge in [-0.3, -0.25) is 0 Å². The van der Waals surface area contributed by atoms with E-state index in [1.807, 2.05) is 72.8 Å². The number of halogens is 1. The Bertz CT molecular complexity index is 1180. The Balaban J connectivity index is 1.67. The molecule has 0 atom stereocenters. The summed E-state index contributed by atoms with van der Waals surface area (Å²) in [7, 11) is 1.53. The Morgan fingerprint density at radius 1 is 0.750 bits per heavy atom. The van der Waals surface area contributed by atoms with E-state index < -0.39 is 0 Å². The number of benzene rings is 3. The number of methoxy groups -OCH3 is 1. The van der Waals surface area contributed by atoms with Crippen LogP contribution in [0.4, 0.5) is 5.69 Å². The van der Waals surface area contributed by atoms with Crippen molar-refractivity contribution in [1.29, 1.82) is 0 Å². The maximum Gasteiger partial charge on any atom is 0.225 e. The largest absolute Gasteiger partial charge is 0.493 e. The zero-order valence-electron chi connectivity index (χ0n) is 17.6. The summed E-state index contributed by atoms with van der Waals surface area (Å²) in [6, 6.07) is 27.1. The van der Waals surface area contributed by atoms with Gasteiger partial charge in [-0.2, -0.15) is 4.98 Å². The summed E-state index contributed by atoms with van der Waals surface area (Å²) in [5, 5.41) is 0.400. The van der Waals surface area contributed by atoms with E-state index >= 15 is 0 Å². The van der Waals surface area contributed by atoms with Crippen LogP contribution < -0.4 is 19.9 Å². The Kier molecular flexibility index (Phi) is 6.78. The Morgan fingerprint density at radius 3 is 1.97 bits per heavy atom. The normalized spacial score (nSPS) is 10.6. The van der Waals surface area contributed by atoms with E-state index in [0.29, 0.717) is 47.0 Å². The number of hydrogen-bond acceptors (Lipinski definition) is 5. The molecule has 0 spiro atoms. The van der Waals surface area contributed by atoms with Crippen molar-refractivity contribution in [2.45, 2.75) is 13.2 Å². The minimum absolute atomic E-state index is 0.354. The van der Waals surface area contributed by atoms with Crippen LogP contribution in [0.3, 0.4) is 0 Å². The monoisotopic (exact) mass is 446 g/mol. The van der Waals surface area contributed by atoms with Crippen LogP contribution in [0.2, 0.25) is 5.02 Å². The van der Waals surface area contributed by atoms with Gasteiger partial charge in [0.15, 0.2) is 5.75 Å². The highest BCUT2D eigenvalue weighted by Gasteiger charge is 2.18. The molecule has 0 aliphatic carbocycles. The number of aromatic nitrogens is 1. The second-order valence-corrected chi connectivity index (χ2v) is 7.48. The van der Waals surface area contributed by atoms with Gasteiger partial charge in [-0.25, -0.2) is 0 Å². The van der Waals surface area contributed by atoms with Gasteiger partial charge in [0.05, 0.1) is 17.8 Å². The van der Waals surface area contributed by atoms with Crippen LogP contribution in [0.25, 0.3) is 11.1 Å². The lowest BCUT2D eigenvalue weighted by molar-refractivity contribution is 0.268. The van der Waals surface area contributed by atoms with Crippen LogP contribution >= 0.6 is 11.6 Å². The summed E-state index contributed by atoms with van der Waals surface area (Å²) in [6.07, 6.45) is 0. The number of rotatable bonds is 8. The first-order valence-electron chi connectivity index (χ1n) is 10.1. The number of nitrogens with zero attached hydrogens (tertiary/aromatic N) is 1. The molecule has 0 amide bonds. The minimum Gasteiger partial charge on any atom is -0.493 e. The van der Waals surface area contributed by atoms with Crippen molar-refractivity contribution in [3.05, 3.63) is 101 Å². The molecule has 4 rings (SSSR count). The van der Waals surface area contributed by atoms with Crippen molar-refractivity contribution in [2.24, 2.45) is 0 Å². The van der Waals surface area contributed by atoms with Crippen molar-refractivity contribution < 1.29 is 14.2 Å². The van der Waals surface area contributed by atoms with Gasteiger partial charge in [0.2, 0.25) is 11.8 Å². The van der Waals surface area contributed by atoms with Gasteiger partial charge in [0.1, 0.15) is 13.2 Å². The molecule has 32 heavy (non-hydrogen) atoms. The summed E-state index contributed by atoms with van der Waals surface area (Å²) in [4.78, 5) is 4.62. The molecule has 1 heterocycles. The molecule has 0 radical (unpaired) electrons. The fraction of sp³-hybridized carbons (Fsp3) is 0.115. The lowest BCUT2D eigenvalue weighted by Crippen LogP contribution is -2.03. The van der Waals surface area contributed by atoms with Crippen molar-refractivity contribution in [3.63, 3.8) is 0 Å². The molecule has 162 valence electrons. The molecule has 2 N–H and O–H groups in total. The quantitative estimate of drug-likeness (QED) is 0.329. The molecule has 0 bridgehead atoms. The van der Waals surface area contributed by atoms with Crippen molar-refractivity contribution in [3.8, 4) is 28.6 Å². The van der Waals surface area contributed by atoms with E-state index in [1.165, 1.54) is 7.11 Å². The van der Waals surface area contributed by atoms with E-state index in [0.717, 1.165) is 16.7 Å². The van der Waals surface area contributed by atoms with E-state index in [-0.39, 0.29) is 0 Å². The van der Waals surface area contributed by atoms with Gasteiger partial charge in [0, 0.05) is 17.2 Å². The molecule has 4 aromatic rings. The predicted molar refractivity (Wildman–Crippen MR) is 127 cm³/mol. The molecule has 0 aliphatic heterocycles. The molecule has 1 aromatic heterocycles. The van der Waals surface area contributed by atoms with Crippen LogP contribution in [-0.2, 0) is 13.2 Å². The van der Waals surface area contributed by atoms with Gasteiger partial charge in [-0.05, 0) is 23.3 Å². The lowest BCUT2D eigenvalue weighted by Gasteiger charge is -2.16. The zero-order valence-corrected chi connectivity index (χ0v) is 18.4. The smallest absolute Gasteiger partial charge is 0.225 e. The highest BCUT2D eigenvalue weighted by molar-refractivity contribution is 6.35. The lowest BCUT2D eigenvalue weighted by atomic mass is 10.1. The van der Waals surface area contributed by atoms with Crippen LogP contribution in [0.5, 0.6) is 17.5 Å². The SMILES string of the molecule is COc1c(N)ccc(-c2ccc(OCc3ccccc3)nc2OCc2ccccc2)c1Cl. The summed E-state index contributed by atoms with van der Waals surface area (Å²) in [6.45, 7) is 0.758. The second kappa shape index (κ2) is 10.1. The number of pyridine rings is 1. The average molecular weight is 447 g/mol. The van der Waals surface area contributed by atoms with Crippen molar-refractivity contribution in [2.75, 3.05) is 12.8 Å². The first kappa shape index (κ1) is 21.5. The third-order valence-electron chi connectivity index (χ3n) is 4.90. The fourth-order valence-electron chi connectivity index (χ4n) is 3.26. The predicted octanol–water partition coefficient (Wildman–Crippen LogP) is 6.15. The number of hydrogen-bond donors (Lipinski definition) is 1. The van der Waals surface area contributed by atoms with Gasteiger partial charge in [0.25, 0.3) is 0 Å². The topological polar surface area (TPSA) is 66.6 Å². The third-order valence-corrected chi connectivity index (χ3v) is 5.28. The summed E-state index contributed by atoms with van der Waals surface area (Å²) in [5.74, 6) is 1.29. The standard InChI is InChI=1S/C26H23ClN2O3/c1-30-25-22(28)14-12-20(24(25)27)21-13-15-23(31-16-18-8-4-2-5-9-18)29-26(21)32-17-19-10-6-3-7-11-19/h2-15H,16-17,28H2,1H3. The first-order chi connectivity index (χ1) is 15.7. The second-order valence-electron chi connectivity index (χ2n) is 7.10. The van der Waals surface area contributed by atoms with Crippen LogP contribution in [0, 0.1) is 0 Å². The maximum absolute atomic E-state index is 6.60. The van der Waals surface area contributed by atoms with E-state index in [2.05, 4.69) is 4.98 Å². The zero-order chi connectivity index (χ0) is 22.3. The highest BCUT2D eigenvalue weighted by Crippen LogP contribution is 2.42. The molecule has 0 aliphatic rings. The maximum atomic E-state index is 6.60. The molecule has 0 saturated carbocycles. The van der Waals surface area contributed by atoms with Gasteiger partial charge in [-0.15, -0.1) is 0 Å². The molecule has 0 fully saturated rings. The molecule has 6 heteroatoms. The fourth-order valence-corrected chi connectivity index (χ4v) is 3.61. The van der Waals surface area contributed by atoms with E-state index in [4.69, 9.17) is 31.5 Å². The molecule has 0 saturated heterocycles. The first-order valence-corrected chi connectivity index (χ1v) is 10.5. The number of anilines is 1. The number of nitrogens with two attached hydrogens (primary N) is 1. The van der Waals surface area contributed by atoms with Crippen molar-refractivity contribution >= 4 is 17.3 Å². The highest BCUT2D eigenvalue weighted by atomic mass is 35.5. The summed E-state index contributed by atoms with van der Waals surface area (Å²) < 4.78 is 17.4. The average Bonchev–Trinajstić information content (AvgIpc) is 2.83. The van der Waals surface area contributed by atoms with Crippen molar-refractivity contribution in [1.82, 2.24) is 4.98 Å². The number of nitrogen functional groups attached to an aromatic ring is 1. The molecule has 5 nitrogen and oxygen atoms in total. The van der Waals surface area contributed by atoms with Gasteiger partial charge >= 0.3 is 0 Å². The Hall–Kier alpha value is -3.70. The van der Waals surface area contributed by atoms with Crippen LogP contribution in [0.1, 0.15) is 11.1 Å². The van der Waals surface area contributed by atoms with Gasteiger partial charge in [-0.1, -0.05) is 78.3 Å². The molecule has 0 unspecified atom stereocenters. The molecule has 3 aromatic carbocycles. The summed E-state index contributed by atoms with van der Waals surface area (Å²) >= 11 is 6.60. The Morgan fingerprint density at radius 2 is 1.34 bits per heavy atom. The Labute approximate surface area is 192 Å². The summed E-state index contributed by atoms with van der Waals surface area (Å²) in [5.41, 5.74) is 9.96.